The molecule has 10 heteroatoms. The summed E-state index contributed by atoms with van der Waals surface area (Å²) in [5, 5.41) is 0. The van der Waals surface area contributed by atoms with Crippen molar-refractivity contribution in [2.45, 2.75) is 24.7 Å². The molecule has 0 saturated heterocycles. The summed E-state index contributed by atoms with van der Waals surface area (Å²) in [6.07, 6.45) is 2.00. The first-order valence-electron chi connectivity index (χ1n) is 10.4. The maximum absolute atomic E-state index is 12.4. The van der Waals surface area contributed by atoms with Crippen LogP contribution in [0.15, 0.2) is 66.1 Å². The Kier molecular flexibility index (Phi) is 10.4. The van der Waals surface area contributed by atoms with Crippen LogP contribution in [0, 0.1) is 6.92 Å². The van der Waals surface area contributed by atoms with Crippen LogP contribution in [0.4, 0.5) is 0 Å². The predicted octanol–water partition coefficient (Wildman–Crippen LogP) is 3.22. The maximum atomic E-state index is 12.4. The molecule has 0 saturated carbocycles. The van der Waals surface area contributed by atoms with Crippen molar-refractivity contribution in [3.63, 3.8) is 0 Å². The Bertz CT molecular complexity index is 1110. The zero-order valence-electron chi connectivity index (χ0n) is 18.7. The Balaban J connectivity index is 1.81. The molecule has 9 nitrogen and oxygen atoms in total. The molecule has 0 aliphatic carbocycles. The topological polar surface area (TPSA) is 122 Å². The van der Waals surface area contributed by atoms with Crippen molar-refractivity contribution in [1.82, 2.24) is 0 Å². The minimum absolute atomic E-state index is 0.00335. The molecule has 0 heterocycles. The smallest absolute Gasteiger partial charge is 0.339 e. The number of hydrogen-bond acceptors (Lipinski definition) is 9. The largest absolute Gasteiger partial charge is 0.463 e. The summed E-state index contributed by atoms with van der Waals surface area (Å²) in [7, 11) is -3.98. The van der Waals surface area contributed by atoms with Gasteiger partial charge >= 0.3 is 17.9 Å². The van der Waals surface area contributed by atoms with E-state index in [-0.39, 0.29) is 42.4 Å². The molecule has 0 bridgehead atoms. The molecule has 34 heavy (non-hydrogen) atoms. The normalized spacial score (nSPS) is 10.9. The number of benzene rings is 2. The molecule has 182 valence electrons. The Morgan fingerprint density at radius 2 is 1.32 bits per heavy atom. The van der Waals surface area contributed by atoms with E-state index in [1.807, 2.05) is 6.92 Å². The zero-order valence-corrected chi connectivity index (χ0v) is 19.5. The minimum Gasteiger partial charge on any atom is -0.463 e. The number of rotatable bonds is 13. The van der Waals surface area contributed by atoms with Gasteiger partial charge in [0.25, 0.3) is 10.1 Å². The SMILES string of the molecule is C=CC(=O)OCCCCOC(=O)c1ccccc1C(=O)OCCOS(=O)(=O)c1ccc(C)cc1. The fourth-order valence-corrected chi connectivity index (χ4v) is 3.54. The highest BCUT2D eigenvalue weighted by atomic mass is 32.2. The highest BCUT2D eigenvalue weighted by Gasteiger charge is 2.20. The van der Waals surface area contributed by atoms with Gasteiger partial charge in [0.05, 0.1) is 29.2 Å². The number of aryl methyl sites for hydroxylation is 1. The monoisotopic (exact) mass is 490 g/mol. The fraction of sp³-hybridized carbons (Fsp3) is 0.292. The van der Waals surface area contributed by atoms with Crippen molar-refractivity contribution in [2.75, 3.05) is 26.4 Å². The number of hydrogen-bond donors (Lipinski definition) is 0. The Morgan fingerprint density at radius 1 is 0.794 bits per heavy atom. The van der Waals surface area contributed by atoms with Gasteiger partial charge in [-0.2, -0.15) is 8.42 Å². The van der Waals surface area contributed by atoms with Gasteiger partial charge < -0.3 is 14.2 Å². The highest BCUT2D eigenvalue weighted by Crippen LogP contribution is 2.14. The molecule has 0 spiro atoms. The van der Waals surface area contributed by atoms with E-state index in [0.717, 1.165) is 11.6 Å². The van der Waals surface area contributed by atoms with Crippen molar-refractivity contribution >= 4 is 28.0 Å². The third kappa shape index (κ3) is 8.45. The van der Waals surface area contributed by atoms with Gasteiger partial charge in [-0.15, -0.1) is 0 Å². The Labute approximate surface area is 198 Å². The van der Waals surface area contributed by atoms with E-state index in [2.05, 4.69) is 6.58 Å². The number of ether oxygens (including phenoxy) is 3. The van der Waals surface area contributed by atoms with Crippen LogP contribution in [-0.2, 0) is 33.3 Å². The number of esters is 3. The van der Waals surface area contributed by atoms with Gasteiger partial charge in [0.2, 0.25) is 0 Å². The van der Waals surface area contributed by atoms with Crippen molar-refractivity contribution in [3.8, 4) is 0 Å². The molecule has 2 aromatic carbocycles. The molecule has 0 amide bonds. The van der Waals surface area contributed by atoms with Gasteiger partial charge in [-0.25, -0.2) is 14.4 Å². The maximum Gasteiger partial charge on any atom is 0.339 e. The second-order valence-electron chi connectivity index (χ2n) is 6.99. The van der Waals surface area contributed by atoms with Crippen LogP contribution < -0.4 is 0 Å². The summed E-state index contributed by atoms with van der Waals surface area (Å²) in [6, 6.07) is 12.1. The van der Waals surface area contributed by atoms with E-state index in [0.29, 0.717) is 12.8 Å². The first-order chi connectivity index (χ1) is 16.2. The molecule has 0 aliphatic heterocycles. The standard InChI is InChI=1S/C24H26O9S/c1-3-22(25)30-14-6-7-15-31-23(26)20-8-4-5-9-21(20)24(27)32-16-17-33-34(28,29)19-12-10-18(2)11-13-19/h3-5,8-13H,1,6-7,14-17H2,2H3. The van der Waals surface area contributed by atoms with E-state index in [1.165, 1.54) is 24.3 Å². The molecule has 0 aliphatic rings. The fourth-order valence-electron chi connectivity index (χ4n) is 2.65. The van der Waals surface area contributed by atoms with Crippen LogP contribution >= 0.6 is 0 Å². The summed E-state index contributed by atoms with van der Waals surface area (Å²) >= 11 is 0. The zero-order chi connectivity index (χ0) is 25.0. The summed E-state index contributed by atoms with van der Waals surface area (Å²) in [5.74, 6) is -2.06. The van der Waals surface area contributed by atoms with Crippen molar-refractivity contribution in [1.29, 1.82) is 0 Å². The molecule has 0 N–H and O–H groups in total. The van der Waals surface area contributed by atoms with Crippen LogP contribution in [0.1, 0.15) is 39.1 Å². The lowest BCUT2D eigenvalue weighted by Gasteiger charge is -2.10. The minimum atomic E-state index is -3.98. The second-order valence-corrected chi connectivity index (χ2v) is 8.60. The molecule has 0 fully saturated rings. The van der Waals surface area contributed by atoms with Gasteiger partial charge in [-0.3, -0.25) is 4.18 Å². The Morgan fingerprint density at radius 3 is 1.88 bits per heavy atom. The van der Waals surface area contributed by atoms with Gasteiger partial charge in [0.15, 0.2) is 0 Å². The first-order valence-corrected chi connectivity index (χ1v) is 11.8. The van der Waals surface area contributed by atoms with Crippen molar-refractivity contribution in [3.05, 3.63) is 77.9 Å². The lowest BCUT2D eigenvalue weighted by Crippen LogP contribution is -2.17. The van der Waals surface area contributed by atoms with E-state index in [4.69, 9.17) is 18.4 Å². The van der Waals surface area contributed by atoms with Crippen LogP contribution in [-0.4, -0.2) is 52.8 Å². The lowest BCUT2D eigenvalue weighted by molar-refractivity contribution is -0.137. The third-order valence-corrected chi connectivity index (χ3v) is 5.74. The van der Waals surface area contributed by atoms with Crippen LogP contribution in [0.2, 0.25) is 0 Å². The van der Waals surface area contributed by atoms with Gasteiger partial charge in [-0.1, -0.05) is 36.4 Å². The van der Waals surface area contributed by atoms with Crippen molar-refractivity contribution < 1.29 is 41.2 Å². The average Bonchev–Trinajstić information content (AvgIpc) is 2.83. The second kappa shape index (κ2) is 13.3. The van der Waals surface area contributed by atoms with Crippen LogP contribution in [0.3, 0.4) is 0 Å². The summed E-state index contributed by atoms with van der Waals surface area (Å²) < 4.78 is 44.3. The number of carbonyl (C=O) groups is 3. The van der Waals surface area contributed by atoms with Gasteiger partial charge in [0, 0.05) is 6.08 Å². The average molecular weight is 491 g/mol. The number of carbonyl (C=O) groups excluding carboxylic acids is 3. The third-order valence-electron chi connectivity index (χ3n) is 4.41. The van der Waals surface area contributed by atoms with E-state index in [1.54, 1.807) is 24.3 Å². The molecular formula is C24H26O9S. The van der Waals surface area contributed by atoms with Crippen LogP contribution in [0.5, 0.6) is 0 Å². The molecule has 0 unspecified atom stereocenters. The van der Waals surface area contributed by atoms with E-state index < -0.39 is 28.0 Å². The molecule has 0 aromatic heterocycles. The predicted molar refractivity (Wildman–Crippen MR) is 122 cm³/mol. The van der Waals surface area contributed by atoms with E-state index >= 15 is 0 Å². The van der Waals surface area contributed by atoms with Gasteiger partial charge in [0.1, 0.15) is 13.2 Å². The Hall–Kier alpha value is -3.50. The van der Waals surface area contributed by atoms with Crippen LogP contribution in [0.25, 0.3) is 0 Å². The van der Waals surface area contributed by atoms with Crippen molar-refractivity contribution in [2.24, 2.45) is 0 Å². The lowest BCUT2D eigenvalue weighted by atomic mass is 10.1. The first kappa shape index (κ1) is 26.7. The van der Waals surface area contributed by atoms with Gasteiger partial charge in [-0.05, 0) is 44.0 Å². The molecule has 2 aromatic rings. The van der Waals surface area contributed by atoms with E-state index in [9.17, 15) is 22.8 Å². The summed E-state index contributed by atoms with van der Waals surface area (Å²) in [5.41, 5.74) is 0.895. The quantitative estimate of drug-likeness (QED) is 0.137. The molecule has 0 radical (unpaired) electrons. The number of unbranched alkanes of at least 4 members (excludes halogenated alkanes) is 1. The summed E-state index contributed by atoms with van der Waals surface area (Å²) in [4.78, 5) is 35.7. The highest BCUT2D eigenvalue weighted by molar-refractivity contribution is 7.86. The summed E-state index contributed by atoms with van der Waals surface area (Å²) in [6.45, 7) is 4.64. The molecular weight excluding hydrogens is 464 g/mol. The molecule has 0 atom stereocenters. The molecule has 2 rings (SSSR count).